The average molecular weight is 248 g/mol. The van der Waals surface area contributed by atoms with Gasteiger partial charge in [0.05, 0.1) is 0 Å². The van der Waals surface area contributed by atoms with Gasteiger partial charge < -0.3 is 10.4 Å². The molecule has 1 saturated heterocycles. The Hall–Kier alpha value is -2.04. The number of aromatic hydroxyl groups is 1. The highest BCUT2D eigenvalue weighted by molar-refractivity contribution is 6.04. The summed E-state index contributed by atoms with van der Waals surface area (Å²) in [5.41, 5.74) is 1.18. The highest BCUT2D eigenvalue weighted by Crippen LogP contribution is 2.33. The summed E-state index contributed by atoms with van der Waals surface area (Å²) in [5.74, 6) is -0.179. The highest BCUT2D eigenvalue weighted by Gasteiger charge is 2.32. The van der Waals surface area contributed by atoms with Crippen molar-refractivity contribution < 1.29 is 14.7 Å². The lowest BCUT2D eigenvalue weighted by Gasteiger charge is -2.22. The highest BCUT2D eigenvalue weighted by atomic mass is 16.3. The summed E-state index contributed by atoms with van der Waals surface area (Å²) in [6.07, 6.45) is 0. The number of urea groups is 1. The molecule has 0 spiro atoms. The van der Waals surface area contributed by atoms with E-state index in [-0.39, 0.29) is 17.1 Å². The second-order valence-corrected chi connectivity index (χ2v) is 5.42. The summed E-state index contributed by atoms with van der Waals surface area (Å²) in [7, 11) is 0. The molecule has 2 rings (SSSR count). The van der Waals surface area contributed by atoms with Crippen molar-refractivity contribution in [1.82, 2.24) is 10.6 Å². The van der Waals surface area contributed by atoms with E-state index in [0.29, 0.717) is 5.56 Å². The van der Waals surface area contributed by atoms with E-state index in [1.165, 1.54) is 0 Å². The fraction of sp³-hybridized carbons (Fsp3) is 0.385. The molecule has 1 heterocycles. The van der Waals surface area contributed by atoms with Crippen LogP contribution in [0.4, 0.5) is 4.79 Å². The number of imide groups is 1. The van der Waals surface area contributed by atoms with E-state index in [2.05, 4.69) is 10.6 Å². The quantitative estimate of drug-likeness (QED) is 0.660. The van der Waals surface area contributed by atoms with Crippen LogP contribution in [0, 0.1) is 0 Å². The Morgan fingerprint density at radius 1 is 1.22 bits per heavy atom. The van der Waals surface area contributed by atoms with E-state index in [1.807, 2.05) is 20.8 Å². The number of hydrogen-bond donors (Lipinski definition) is 3. The van der Waals surface area contributed by atoms with Gasteiger partial charge in [-0.1, -0.05) is 26.8 Å². The fourth-order valence-electron chi connectivity index (χ4n) is 1.99. The summed E-state index contributed by atoms with van der Waals surface area (Å²) in [4.78, 5) is 22.7. The number of amides is 3. The Morgan fingerprint density at radius 3 is 2.39 bits per heavy atom. The number of hydrogen-bond acceptors (Lipinski definition) is 3. The third-order valence-corrected chi connectivity index (χ3v) is 2.94. The molecular formula is C13H16N2O3. The van der Waals surface area contributed by atoms with Gasteiger partial charge in [0.15, 0.2) is 0 Å². The predicted molar refractivity (Wildman–Crippen MR) is 66.2 cm³/mol. The molecule has 18 heavy (non-hydrogen) atoms. The first-order valence-corrected chi connectivity index (χ1v) is 5.74. The van der Waals surface area contributed by atoms with Crippen LogP contribution >= 0.6 is 0 Å². The zero-order valence-electron chi connectivity index (χ0n) is 10.6. The third kappa shape index (κ3) is 2.16. The number of carbonyl (C=O) groups excluding carboxylic acids is 2. The molecule has 1 atom stereocenters. The SMILES string of the molecule is CC(C)(C)c1cc(C2NC(=O)NC2=O)ccc1O. The van der Waals surface area contributed by atoms with Gasteiger partial charge in [-0.2, -0.15) is 0 Å². The first-order valence-electron chi connectivity index (χ1n) is 5.74. The number of phenolic OH excluding ortho intramolecular Hbond substituents is 1. The normalized spacial score (nSPS) is 19.6. The lowest BCUT2D eigenvalue weighted by atomic mass is 9.84. The molecule has 3 N–H and O–H groups in total. The summed E-state index contributed by atoms with van der Waals surface area (Å²) in [6, 6.07) is 3.77. The number of benzene rings is 1. The Balaban J connectivity index is 2.42. The maximum absolute atomic E-state index is 11.6. The number of rotatable bonds is 1. The van der Waals surface area contributed by atoms with Crippen molar-refractivity contribution in [2.45, 2.75) is 32.2 Å². The molecule has 1 aliphatic heterocycles. The van der Waals surface area contributed by atoms with E-state index in [4.69, 9.17) is 0 Å². The largest absolute Gasteiger partial charge is 0.508 e. The molecule has 0 saturated carbocycles. The first kappa shape index (κ1) is 12.4. The summed E-state index contributed by atoms with van der Waals surface area (Å²) in [6.45, 7) is 5.91. The first-order chi connectivity index (χ1) is 8.29. The van der Waals surface area contributed by atoms with Crippen molar-refractivity contribution in [2.75, 3.05) is 0 Å². The maximum atomic E-state index is 11.6. The van der Waals surface area contributed by atoms with E-state index in [9.17, 15) is 14.7 Å². The van der Waals surface area contributed by atoms with Crippen LogP contribution in [0.5, 0.6) is 5.75 Å². The molecule has 0 radical (unpaired) electrons. The van der Waals surface area contributed by atoms with Gasteiger partial charge in [0, 0.05) is 0 Å². The molecule has 1 aliphatic rings. The van der Waals surface area contributed by atoms with Crippen molar-refractivity contribution in [3.8, 4) is 5.75 Å². The smallest absolute Gasteiger partial charge is 0.322 e. The van der Waals surface area contributed by atoms with Crippen LogP contribution in [0.1, 0.15) is 37.9 Å². The molecular weight excluding hydrogens is 232 g/mol. The minimum atomic E-state index is -0.681. The second-order valence-electron chi connectivity index (χ2n) is 5.42. The molecule has 1 aromatic rings. The van der Waals surface area contributed by atoms with Crippen LogP contribution in [0.2, 0.25) is 0 Å². The fourth-order valence-corrected chi connectivity index (χ4v) is 1.99. The molecule has 5 nitrogen and oxygen atoms in total. The zero-order chi connectivity index (χ0) is 13.5. The second kappa shape index (κ2) is 4.01. The Labute approximate surface area is 105 Å². The molecule has 0 bridgehead atoms. The Morgan fingerprint density at radius 2 is 1.89 bits per heavy atom. The lowest BCUT2D eigenvalue weighted by molar-refractivity contribution is -0.120. The average Bonchev–Trinajstić information content (AvgIpc) is 2.57. The standard InChI is InChI=1S/C13H16N2O3/c1-13(2,3)8-6-7(4-5-9(8)16)10-11(17)15-12(18)14-10/h4-6,10,16H,1-3H3,(H2,14,15,17,18). The summed E-state index contributed by atoms with van der Waals surface area (Å²) >= 11 is 0. The number of carbonyl (C=O) groups is 2. The van der Waals surface area contributed by atoms with Gasteiger partial charge >= 0.3 is 6.03 Å². The van der Waals surface area contributed by atoms with Crippen LogP contribution in [0.3, 0.4) is 0 Å². The molecule has 3 amide bonds. The van der Waals surface area contributed by atoms with Gasteiger partial charge in [0.2, 0.25) is 0 Å². The molecule has 5 heteroatoms. The molecule has 0 aliphatic carbocycles. The van der Waals surface area contributed by atoms with Gasteiger partial charge in [0.1, 0.15) is 11.8 Å². The monoisotopic (exact) mass is 248 g/mol. The van der Waals surface area contributed by atoms with Crippen molar-refractivity contribution in [2.24, 2.45) is 0 Å². The zero-order valence-corrected chi connectivity index (χ0v) is 10.6. The van der Waals surface area contributed by atoms with Crippen molar-refractivity contribution in [1.29, 1.82) is 0 Å². The van der Waals surface area contributed by atoms with E-state index < -0.39 is 12.1 Å². The van der Waals surface area contributed by atoms with Gasteiger partial charge in [-0.25, -0.2) is 4.79 Å². The topological polar surface area (TPSA) is 78.4 Å². The summed E-state index contributed by atoms with van der Waals surface area (Å²) < 4.78 is 0. The van der Waals surface area contributed by atoms with Crippen LogP contribution in [0.25, 0.3) is 0 Å². The predicted octanol–water partition coefficient (Wildman–Crippen LogP) is 1.57. The van der Waals surface area contributed by atoms with Gasteiger partial charge in [-0.3, -0.25) is 10.1 Å². The van der Waals surface area contributed by atoms with Crippen LogP contribution < -0.4 is 10.6 Å². The van der Waals surface area contributed by atoms with Crippen LogP contribution in [0.15, 0.2) is 18.2 Å². The molecule has 96 valence electrons. The van der Waals surface area contributed by atoms with E-state index in [1.54, 1.807) is 18.2 Å². The van der Waals surface area contributed by atoms with Gasteiger partial charge in [-0.15, -0.1) is 0 Å². The van der Waals surface area contributed by atoms with Crippen LogP contribution in [-0.2, 0) is 10.2 Å². The molecule has 1 fully saturated rings. The minimum absolute atomic E-state index is 0.191. The van der Waals surface area contributed by atoms with E-state index >= 15 is 0 Å². The van der Waals surface area contributed by atoms with Gasteiger partial charge in [0.25, 0.3) is 5.91 Å². The number of phenols is 1. The molecule has 1 aromatic carbocycles. The molecule has 0 aromatic heterocycles. The Bertz CT molecular complexity index is 517. The summed E-state index contributed by atoms with van der Waals surface area (Å²) in [5, 5.41) is 14.6. The minimum Gasteiger partial charge on any atom is -0.508 e. The van der Waals surface area contributed by atoms with E-state index in [0.717, 1.165) is 5.56 Å². The Kier molecular flexibility index (Phi) is 2.77. The van der Waals surface area contributed by atoms with Crippen LogP contribution in [-0.4, -0.2) is 17.0 Å². The molecule has 1 unspecified atom stereocenters. The lowest BCUT2D eigenvalue weighted by Crippen LogP contribution is -2.22. The maximum Gasteiger partial charge on any atom is 0.322 e. The van der Waals surface area contributed by atoms with Crippen molar-refractivity contribution in [3.05, 3.63) is 29.3 Å². The van der Waals surface area contributed by atoms with Crippen molar-refractivity contribution >= 4 is 11.9 Å². The van der Waals surface area contributed by atoms with Crippen molar-refractivity contribution in [3.63, 3.8) is 0 Å². The third-order valence-electron chi connectivity index (χ3n) is 2.94. The van der Waals surface area contributed by atoms with Gasteiger partial charge in [-0.05, 0) is 28.7 Å². The number of nitrogens with one attached hydrogen (secondary N) is 2.